The van der Waals surface area contributed by atoms with Gasteiger partial charge in [-0.2, -0.15) is 9.39 Å². The Bertz CT molecular complexity index is 1420. The van der Waals surface area contributed by atoms with E-state index in [9.17, 15) is 4.79 Å². The van der Waals surface area contributed by atoms with Crippen molar-refractivity contribution in [2.24, 2.45) is 9.39 Å². The number of hydrogen-bond donors (Lipinski definition) is 1. The summed E-state index contributed by atoms with van der Waals surface area (Å²) >= 11 is 2.66. The molecule has 0 fully saturated rings. The van der Waals surface area contributed by atoms with E-state index in [1.165, 1.54) is 11.8 Å². The molecular formula is C26H23N5O2S2. The second-order valence-corrected chi connectivity index (χ2v) is 9.69. The Hall–Kier alpha value is -3.56. The van der Waals surface area contributed by atoms with Crippen LogP contribution in [-0.4, -0.2) is 38.7 Å². The molecule has 176 valence electrons. The first-order valence-electron chi connectivity index (χ1n) is 11.0. The van der Waals surface area contributed by atoms with E-state index in [-0.39, 0.29) is 11.4 Å². The normalized spacial score (nSPS) is 16.4. The van der Waals surface area contributed by atoms with E-state index in [1.54, 1.807) is 18.1 Å². The van der Waals surface area contributed by atoms with Crippen LogP contribution >= 0.6 is 23.7 Å². The van der Waals surface area contributed by atoms with Gasteiger partial charge in [-0.3, -0.25) is 10.2 Å². The molecule has 3 heterocycles. The van der Waals surface area contributed by atoms with Crippen LogP contribution in [0.4, 0.5) is 0 Å². The third kappa shape index (κ3) is 4.33. The van der Waals surface area contributed by atoms with Crippen LogP contribution in [0.15, 0.2) is 75.6 Å². The summed E-state index contributed by atoms with van der Waals surface area (Å²) in [5.41, 5.74) is 5.11. The molecule has 0 saturated heterocycles. The minimum atomic E-state index is -0.430. The number of aryl methyl sites for hydroxylation is 1. The number of carbonyl (C=O) groups is 1. The molecule has 0 spiro atoms. The number of aromatic nitrogens is 1. The summed E-state index contributed by atoms with van der Waals surface area (Å²) in [6.07, 6.45) is 1.75. The summed E-state index contributed by atoms with van der Waals surface area (Å²) in [6, 6.07) is 19.9. The van der Waals surface area contributed by atoms with Gasteiger partial charge < -0.3 is 9.30 Å². The molecule has 0 radical (unpaired) electrons. The first kappa shape index (κ1) is 23.2. The second kappa shape index (κ2) is 9.59. The van der Waals surface area contributed by atoms with Gasteiger partial charge in [0, 0.05) is 17.1 Å². The minimum Gasteiger partial charge on any atom is -0.495 e. The van der Waals surface area contributed by atoms with E-state index in [0.29, 0.717) is 16.1 Å². The number of rotatable bonds is 5. The van der Waals surface area contributed by atoms with Gasteiger partial charge in [-0.05, 0) is 49.2 Å². The lowest BCUT2D eigenvalue weighted by Gasteiger charge is -2.24. The monoisotopic (exact) mass is 501 g/mol. The Morgan fingerprint density at radius 3 is 2.63 bits per heavy atom. The van der Waals surface area contributed by atoms with Crippen LogP contribution < -0.4 is 4.74 Å². The Balaban J connectivity index is 1.46. The molecule has 2 aliphatic heterocycles. The van der Waals surface area contributed by atoms with Gasteiger partial charge in [0.25, 0.3) is 5.91 Å². The number of amidine groups is 3. The number of methoxy groups -OCH3 is 1. The zero-order valence-electron chi connectivity index (χ0n) is 19.5. The molecule has 35 heavy (non-hydrogen) atoms. The van der Waals surface area contributed by atoms with E-state index in [4.69, 9.17) is 10.1 Å². The number of benzene rings is 2. The highest BCUT2D eigenvalue weighted by Crippen LogP contribution is 2.34. The van der Waals surface area contributed by atoms with Crippen molar-refractivity contribution in [3.05, 3.63) is 88.8 Å². The molecule has 1 aromatic heterocycles. The average Bonchev–Trinajstić information content (AvgIpc) is 3.40. The number of carbonyl (C=O) groups excluding carboxylic acids is 1. The van der Waals surface area contributed by atoms with Crippen molar-refractivity contribution < 1.29 is 9.53 Å². The average molecular weight is 502 g/mol. The number of fused-ring (bicyclic) bond motifs is 1. The van der Waals surface area contributed by atoms with Crippen molar-refractivity contribution >= 4 is 51.9 Å². The Kier molecular flexibility index (Phi) is 6.36. The molecule has 3 aromatic rings. The third-order valence-electron chi connectivity index (χ3n) is 5.80. The lowest BCUT2D eigenvalue weighted by atomic mass is 10.1. The van der Waals surface area contributed by atoms with Crippen LogP contribution in [0.25, 0.3) is 11.8 Å². The van der Waals surface area contributed by atoms with Crippen LogP contribution in [0.3, 0.4) is 0 Å². The molecule has 2 aliphatic rings. The topological polar surface area (TPSA) is 83.0 Å². The van der Waals surface area contributed by atoms with Crippen LogP contribution in [0.5, 0.6) is 5.75 Å². The zero-order chi connectivity index (χ0) is 24.5. The fraction of sp³-hybridized carbons (Fsp3) is 0.154. The van der Waals surface area contributed by atoms with Gasteiger partial charge in [-0.25, -0.2) is 4.90 Å². The van der Waals surface area contributed by atoms with Crippen molar-refractivity contribution in [2.45, 2.75) is 19.6 Å². The maximum absolute atomic E-state index is 12.9. The molecule has 5 rings (SSSR count). The van der Waals surface area contributed by atoms with Gasteiger partial charge >= 0.3 is 0 Å². The van der Waals surface area contributed by atoms with Gasteiger partial charge in [-0.1, -0.05) is 54.2 Å². The number of ether oxygens (including phenoxy) is 1. The van der Waals surface area contributed by atoms with Crippen molar-refractivity contribution in [2.75, 3.05) is 7.11 Å². The van der Waals surface area contributed by atoms with E-state index >= 15 is 0 Å². The van der Waals surface area contributed by atoms with E-state index in [2.05, 4.69) is 26.1 Å². The lowest BCUT2D eigenvalue weighted by molar-refractivity contribution is -0.114. The summed E-state index contributed by atoms with van der Waals surface area (Å²) in [6.45, 7) is 4.00. The number of thioether (sulfide) groups is 1. The Morgan fingerprint density at radius 1 is 1.11 bits per heavy atom. The SMILES string of the molecule is COc1ccccc1-n1c(C)cc(C=C2C(=N)N3C(SCc4ccccc4)=NSC3=NC2=O)c1C. The molecule has 9 heteroatoms. The predicted molar refractivity (Wildman–Crippen MR) is 145 cm³/mol. The summed E-state index contributed by atoms with van der Waals surface area (Å²) in [5, 5.41) is 9.92. The molecule has 2 aromatic carbocycles. The standard InChI is InChI=1S/C26H23N5O2S2/c1-16-13-19(17(2)30(16)21-11-7-8-12-22(21)33-3)14-20-23(27)31-25(28-24(20)32)35-29-26(31)34-15-18-9-5-4-6-10-18/h4-14,27H,15H2,1-3H3. The summed E-state index contributed by atoms with van der Waals surface area (Å²) in [7, 11) is 1.65. The number of amides is 1. The fourth-order valence-electron chi connectivity index (χ4n) is 4.09. The van der Waals surface area contributed by atoms with Crippen LogP contribution in [0.1, 0.15) is 22.5 Å². The molecule has 0 saturated carbocycles. The molecule has 7 nitrogen and oxygen atoms in total. The van der Waals surface area contributed by atoms with Crippen LogP contribution in [-0.2, 0) is 10.5 Å². The second-order valence-electron chi connectivity index (χ2n) is 8.01. The zero-order valence-corrected chi connectivity index (χ0v) is 21.1. The number of aliphatic imine (C=N–C) groups is 1. The van der Waals surface area contributed by atoms with E-state index in [1.807, 2.05) is 62.4 Å². The maximum Gasteiger partial charge on any atom is 0.283 e. The lowest BCUT2D eigenvalue weighted by Crippen LogP contribution is -2.41. The van der Waals surface area contributed by atoms with Gasteiger partial charge in [-0.15, -0.1) is 0 Å². The molecule has 0 bridgehead atoms. The van der Waals surface area contributed by atoms with Gasteiger partial charge in [0.05, 0.1) is 30.3 Å². The molecule has 1 N–H and O–H groups in total. The van der Waals surface area contributed by atoms with Crippen LogP contribution in [0, 0.1) is 19.3 Å². The van der Waals surface area contributed by atoms with Crippen molar-refractivity contribution in [1.29, 1.82) is 5.41 Å². The number of nitrogens with one attached hydrogen (secondary N) is 1. The molecule has 0 atom stereocenters. The van der Waals surface area contributed by atoms with Gasteiger partial charge in [0.2, 0.25) is 5.17 Å². The summed E-state index contributed by atoms with van der Waals surface area (Å²) in [5.74, 6) is 1.13. The number of nitrogens with zero attached hydrogens (tertiary/aromatic N) is 4. The Labute approximate surface area is 212 Å². The highest BCUT2D eigenvalue weighted by atomic mass is 32.2. The predicted octanol–water partition coefficient (Wildman–Crippen LogP) is 5.61. The van der Waals surface area contributed by atoms with E-state index < -0.39 is 5.91 Å². The smallest absolute Gasteiger partial charge is 0.283 e. The van der Waals surface area contributed by atoms with Crippen LogP contribution in [0.2, 0.25) is 0 Å². The molecule has 1 amide bonds. The summed E-state index contributed by atoms with van der Waals surface area (Å²) < 4.78 is 12.1. The molecule has 0 unspecified atom stereocenters. The maximum atomic E-state index is 12.9. The van der Waals surface area contributed by atoms with Crippen molar-refractivity contribution in [1.82, 2.24) is 9.47 Å². The number of para-hydroxylation sites is 2. The van der Waals surface area contributed by atoms with Crippen molar-refractivity contribution in [3.8, 4) is 11.4 Å². The highest BCUT2D eigenvalue weighted by Gasteiger charge is 2.37. The molecular weight excluding hydrogens is 478 g/mol. The first-order valence-corrected chi connectivity index (χ1v) is 12.7. The number of hydrogen-bond acceptors (Lipinski definition) is 6. The van der Waals surface area contributed by atoms with Gasteiger partial charge in [0.1, 0.15) is 11.6 Å². The van der Waals surface area contributed by atoms with E-state index in [0.717, 1.165) is 45.9 Å². The van der Waals surface area contributed by atoms with Gasteiger partial charge in [0.15, 0.2) is 5.17 Å². The summed E-state index contributed by atoms with van der Waals surface area (Å²) in [4.78, 5) is 18.8. The molecule has 0 aliphatic carbocycles. The first-order chi connectivity index (χ1) is 17.0. The quantitative estimate of drug-likeness (QED) is 0.363. The third-order valence-corrected chi connectivity index (χ3v) is 7.63. The Morgan fingerprint density at radius 2 is 1.86 bits per heavy atom. The fourth-order valence-corrected chi connectivity index (χ4v) is 5.89. The highest BCUT2D eigenvalue weighted by molar-refractivity contribution is 8.18. The largest absolute Gasteiger partial charge is 0.495 e. The minimum absolute atomic E-state index is 0.0893. The van der Waals surface area contributed by atoms with Crippen molar-refractivity contribution in [3.63, 3.8) is 0 Å².